The van der Waals surface area contributed by atoms with Crippen molar-refractivity contribution in [3.63, 3.8) is 0 Å². The number of hydrogen-bond donors (Lipinski definition) is 2. The van der Waals surface area contributed by atoms with Crippen molar-refractivity contribution in [2.45, 2.75) is 32.4 Å². The average molecular weight is 443 g/mol. The number of nitrogens with one attached hydrogen (secondary N) is 2. The summed E-state index contributed by atoms with van der Waals surface area (Å²) in [5.41, 5.74) is 1.61. The molecule has 0 bridgehead atoms. The van der Waals surface area contributed by atoms with Gasteiger partial charge in [0.2, 0.25) is 0 Å². The maximum atomic E-state index is 12.9. The van der Waals surface area contributed by atoms with Gasteiger partial charge in [0, 0.05) is 37.5 Å². The lowest BCUT2D eigenvalue weighted by Crippen LogP contribution is -2.68. The minimum atomic E-state index is -0.524. The summed E-state index contributed by atoms with van der Waals surface area (Å²) in [7, 11) is 0. The minimum absolute atomic E-state index is 0.0973. The molecule has 1 fully saturated rings. The van der Waals surface area contributed by atoms with Gasteiger partial charge in [-0.05, 0) is 44.2 Å². The number of likely N-dealkylation sites (tertiary alicyclic amines) is 1. The maximum Gasteiger partial charge on any atom is 0.321 e. The summed E-state index contributed by atoms with van der Waals surface area (Å²) in [5.74, 6) is 0.553. The van der Waals surface area contributed by atoms with Gasteiger partial charge in [-0.2, -0.15) is 0 Å². The topological polar surface area (TPSA) is 73.9 Å². The lowest BCUT2D eigenvalue weighted by Gasteiger charge is -2.52. The maximum absolute atomic E-state index is 12.9. The van der Waals surface area contributed by atoms with Crippen molar-refractivity contribution < 1.29 is 14.3 Å². The van der Waals surface area contributed by atoms with Crippen molar-refractivity contribution >= 4 is 34.9 Å². The molecule has 4 rings (SSSR count). The van der Waals surface area contributed by atoms with E-state index in [1.54, 1.807) is 17.0 Å². The van der Waals surface area contributed by atoms with Gasteiger partial charge in [0.25, 0.3) is 5.91 Å². The van der Waals surface area contributed by atoms with Crippen molar-refractivity contribution in [1.82, 2.24) is 10.2 Å². The third-order valence-electron chi connectivity index (χ3n) is 5.98. The van der Waals surface area contributed by atoms with E-state index in [1.165, 1.54) is 0 Å². The number of benzene rings is 2. The average Bonchev–Trinajstić information content (AvgIpc) is 2.76. The summed E-state index contributed by atoms with van der Waals surface area (Å²) in [5, 5.41) is 6.77. The van der Waals surface area contributed by atoms with Crippen LogP contribution in [0.2, 0.25) is 5.02 Å². The molecule has 31 heavy (non-hydrogen) atoms. The number of ether oxygens (including phenoxy) is 1. The Kier molecular flexibility index (Phi) is 5.96. The number of halogens is 1. The smallest absolute Gasteiger partial charge is 0.321 e. The Labute approximate surface area is 187 Å². The molecular formula is C23H27ClN4O3. The largest absolute Gasteiger partial charge is 0.492 e. The molecule has 1 saturated heterocycles. The van der Waals surface area contributed by atoms with Gasteiger partial charge in [0.05, 0.1) is 23.5 Å². The van der Waals surface area contributed by atoms with Gasteiger partial charge in [0.15, 0.2) is 0 Å². The van der Waals surface area contributed by atoms with Crippen LogP contribution in [0.1, 0.15) is 37.0 Å². The predicted octanol–water partition coefficient (Wildman–Crippen LogP) is 4.33. The van der Waals surface area contributed by atoms with Crippen molar-refractivity contribution in [2.75, 3.05) is 36.5 Å². The molecule has 0 aromatic heterocycles. The second-order valence-electron chi connectivity index (χ2n) is 7.74. The van der Waals surface area contributed by atoms with Crippen molar-refractivity contribution in [2.24, 2.45) is 0 Å². The summed E-state index contributed by atoms with van der Waals surface area (Å²) < 4.78 is 5.60. The normalized spacial score (nSPS) is 17.2. The number of amides is 3. The number of hydrogen-bond acceptors (Lipinski definition) is 4. The molecule has 0 unspecified atom stereocenters. The zero-order valence-corrected chi connectivity index (χ0v) is 18.5. The quantitative estimate of drug-likeness (QED) is 0.739. The highest BCUT2D eigenvalue weighted by atomic mass is 35.5. The van der Waals surface area contributed by atoms with E-state index < -0.39 is 5.66 Å². The van der Waals surface area contributed by atoms with Crippen LogP contribution < -0.4 is 20.3 Å². The van der Waals surface area contributed by atoms with Crippen LogP contribution in [0.5, 0.6) is 5.75 Å². The van der Waals surface area contributed by atoms with Gasteiger partial charge in [-0.25, -0.2) is 4.79 Å². The molecule has 8 heteroatoms. The summed E-state index contributed by atoms with van der Waals surface area (Å²) in [6.45, 7) is 6.27. The van der Waals surface area contributed by atoms with Gasteiger partial charge < -0.3 is 25.2 Å². The fourth-order valence-electron chi connectivity index (χ4n) is 4.49. The standard InChI is InChI=1S/C23H27ClN4O3/c1-3-28-19-15-16(24)9-10-17(19)21(29)26-23(28)11-13-27(14-12-23)22(30)25-18-7-5-6-8-20(18)31-4-2/h5-10,15H,3-4,11-14H2,1-2H3,(H,25,30)(H,26,29). The number of rotatable bonds is 4. The molecule has 0 radical (unpaired) electrons. The Hall–Kier alpha value is -2.93. The summed E-state index contributed by atoms with van der Waals surface area (Å²) in [6.07, 6.45) is 1.25. The van der Waals surface area contributed by atoms with E-state index in [9.17, 15) is 9.59 Å². The van der Waals surface area contributed by atoms with Gasteiger partial charge in [-0.3, -0.25) is 4.79 Å². The number of carbonyl (C=O) groups excluding carboxylic acids is 2. The molecule has 2 N–H and O–H groups in total. The van der Waals surface area contributed by atoms with Gasteiger partial charge in [-0.15, -0.1) is 0 Å². The molecule has 0 atom stereocenters. The van der Waals surface area contributed by atoms with Crippen LogP contribution in [0, 0.1) is 0 Å². The summed E-state index contributed by atoms with van der Waals surface area (Å²) >= 11 is 6.22. The zero-order valence-electron chi connectivity index (χ0n) is 17.8. The van der Waals surface area contributed by atoms with Gasteiger partial charge in [-0.1, -0.05) is 23.7 Å². The third kappa shape index (κ3) is 4.02. The molecule has 2 aliphatic heterocycles. The number of urea groups is 1. The van der Waals surface area contributed by atoms with Crippen LogP contribution in [-0.2, 0) is 0 Å². The van der Waals surface area contributed by atoms with Crippen molar-refractivity contribution in [3.05, 3.63) is 53.1 Å². The van der Waals surface area contributed by atoms with Gasteiger partial charge >= 0.3 is 6.03 Å². The van der Waals surface area contributed by atoms with E-state index in [0.717, 1.165) is 12.2 Å². The Morgan fingerprint density at radius 3 is 2.65 bits per heavy atom. The van der Waals surface area contributed by atoms with Crippen LogP contribution in [0.3, 0.4) is 0 Å². The fraction of sp³-hybridized carbons (Fsp3) is 0.391. The lowest BCUT2D eigenvalue weighted by molar-refractivity contribution is 0.0808. The minimum Gasteiger partial charge on any atom is -0.492 e. The van der Waals surface area contributed by atoms with E-state index in [-0.39, 0.29) is 11.9 Å². The first-order valence-electron chi connectivity index (χ1n) is 10.6. The van der Waals surface area contributed by atoms with Crippen LogP contribution in [0.4, 0.5) is 16.2 Å². The summed E-state index contributed by atoms with van der Waals surface area (Å²) in [6, 6.07) is 12.6. The first-order valence-corrected chi connectivity index (χ1v) is 11.0. The van der Waals surface area contributed by atoms with Crippen LogP contribution in [-0.4, -0.2) is 48.7 Å². The Morgan fingerprint density at radius 1 is 1.19 bits per heavy atom. The Morgan fingerprint density at radius 2 is 1.94 bits per heavy atom. The first kappa shape index (κ1) is 21.3. The number of piperidine rings is 1. The molecule has 7 nitrogen and oxygen atoms in total. The zero-order chi connectivity index (χ0) is 22.0. The van der Waals surface area contributed by atoms with Crippen molar-refractivity contribution in [3.8, 4) is 5.75 Å². The molecule has 2 heterocycles. The number of nitrogens with zero attached hydrogens (tertiary/aromatic N) is 2. The molecule has 1 spiro atoms. The predicted molar refractivity (Wildman–Crippen MR) is 122 cm³/mol. The van der Waals surface area contributed by atoms with E-state index in [1.807, 2.05) is 37.3 Å². The fourth-order valence-corrected chi connectivity index (χ4v) is 4.66. The molecule has 164 valence electrons. The number of fused-ring (bicyclic) bond motifs is 1. The van der Waals surface area contributed by atoms with E-state index in [2.05, 4.69) is 22.5 Å². The highest BCUT2D eigenvalue weighted by molar-refractivity contribution is 6.31. The molecule has 0 aliphatic carbocycles. The Balaban J connectivity index is 1.49. The van der Waals surface area contributed by atoms with E-state index in [0.29, 0.717) is 54.6 Å². The van der Waals surface area contributed by atoms with Crippen molar-refractivity contribution in [1.29, 1.82) is 0 Å². The third-order valence-corrected chi connectivity index (χ3v) is 6.22. The molecule has 2 aromatic rings. The number of para-hydroxylation sites is 2. The summed E-state index contributed by atoms with van der Waals surface area (Å²) in [4.78, 5) is 29.7. The second-order valence-corrected chi connectivity index (χ2v) is 8.17. The van der Waals surface area contributed by atoms with E-state index in [4.69, 9.17) is 16.3 Å². The number of anilines is 2. The molecular weight excluding hydrogens is 416 g/mol. The van der Waals surface area contributed by atoms with Crippen LogP contribution >= 0.6 is 11.6 Å². The first-order chi connectivity index (χ1) is 15.0. The molecule has 0 saturated carbocycles. The molecule has 2 aliphatic rings. The van der Waals surface area contributed by atoms with Gasteiger partial charge in [0.1, 0.15) is 11.4 Å². The van der Waals surface area contributed by atoms with Crippen LogP contribution in [0.15, 0.2) is 42.5 Å². The lowest BCUT2D eigenvalue weighted by atomic mass is 9.90. The SMILES string of the molecule is CCOc1ccccc1NC(=O)N1CCC2(CC1)NC(=O)c1ccc(Cl)cc1N2CC. The van der Waals surface area contributed by atoms with E-state index >= 15 is 0 Å². The molecule has 2 aromatic carbocycles. The molecule has 3 amide bonds. The monoisotopic (exact) mass is 442 g/mol. The highest BCUT2D eigenvalue weighted by Gasteiger charge is 2.45. The van der Waals surface area contributed by atoms with Crippen LogP contribution in [0.25, 0.3) is 0 Å². The highest BCUT2D eigenvalue weighted by Crippen LogP contribution is 2.38. The number of carbonyl (C=O) groups is 2. The second kappa shape index (κ2) is 8.67. The Bertz CT molecular complexity index is 989.